The van der Waals surface area contributed by atoms with Crippen molar-refractivity contribution >= 4 is 11.8 Å². The summed E-state index contributed by atoms with van der Waals surface area (Å²) in [6.45, 7) is 4.61. The van der Waals surface area contributed by atoms with Crippen LogP contribution in [0.5, 0.6) is 0 Å². The Kier molecular flexibility index (Phi) is 6.85. The second-order valence-corrected chi connectivity index (χ2v) is 7.80. The van der Waals surface area contributed by atoms with E-state index in [1.54, 1.807) is 12.4 Å². The lowest BCUT2D eigenvalue weighted by Gasteiger charge is -2.28. The highest BCUT2D eigenvalue weighted by atomic mass is 16.2. The molecule has 1 aliphatic rings. The molecule has 0 radical (unpaired) electrons. The van der Waals surface area contributed by atoms with Crippen LogP contribution in [0.1, 0.15) is 54.6 Å². The van der Waals surface area contributed by atoms with Gasteiger partial charge in [-0.05, 0) is 57.1 Å². The molecule has 0 spiro atoms. The lowest BCUT2D eigenvalue weighted by Crippen LogP contribution is -2.40. The van der Waals surface area contributed by atoms with Crippen molar-refractivity contribution in [3.05, 3.63) is 53.1 Å². The number of amides is 2. The highest BCUT2D eigenvalue weighted by molar-refractivity contribution is 5.79. The number of benzene rings is 1. The average Bonchev–Trinajstić information content (AvgIpc) is 3.19. The van der Waals surface area contributed by atoms with Crippen molar-refractivity contribution in [2.24, 2.45) is 5.92 Å². The number of nitrogens with one attached hydrogen (secondary N) is 3. The van der Waals surface area contributed by atoms with Crippen LogP contribution in [0.4, 0.5) is 0 Å². The van der Waals surface area contributed by atoms with E-state index in [0.29, 0.717) is 13.0 Å². The zero-order valence-corrected chi connectivity index (χ0v) is 16.8. The molecule has 6 nitrogen and oxygen atoms in total. The Hall–Kier alpha value is -2.63. The van der Waals surface area contributed by atoms with Crippen molar-refractivity contribution < 1.29 is 9.59 Å². The van der Waals surface area contributed by atoms with Gasteiger partial charge in [-0.1, -0.05) is 23.8 Å². The summed E-state index contributed by atoms with van der Waals surface area (Å²) in [5.41, 5.74) is 3.72. The highest BCUT2D eigenvalue weighted by Gasteiger charge is 2.27. The molecule has 1 fully saturated rings. The van der Waals surface area contributed by atoms with Crippen molar-refractivity contribution in [2.45, 2.75) is 65.0 Å². The molecule has 6 heteroatoms. The van der Waals surface area contributed by atoms with Crippen molar-refractivity contribution in [3.8, 4) is 0 Å². The van der Waals surface area contributed by atoms with E-state index in [1.165, 1.54) is 16.7 Å². The van der Waals surface area contributed by atoms with Gasteiger partial charge in [-0.15, -0.1) is 0 Å². The van der Waals surface area contributed by atoms with Crippen molar-refractivity contribution in [2.75, 3.05) is 0 Å². The topological polar surface area (TPSA) is 86.9 Å². The summed E-state index contributed by atoms with van der Waals surface area (Å²) in [6.07, 6.45) is 8.03. The van der Waals surface area contributed by atoms with E-state index in [4.69, 9.17) is 0 Å². The lowest BCUT2D eigenvalue weighted by molar-refractivity contribution is -0.126. The van der Waals surface area contributed by atoms with Gasteiger partial charge in [-0.25, -0.2) is 4.98 Å². The predicted molar refractivity (Wildman–Crippen MR) is 109 cm³/mol. The van der Waals surface area contributed by atoms with Gasteiger partial charge in [-0.3, -0.25) is 9.59 Å². The normalized spacial score (nSPS) is 19.2. The molecule has 2 aromatic rings. The predicted octanol–water partition coefficient (Wildman–Crippen LogP) is 2.95. The average molecular weight is 383 g/mol. The van der Waals surface area contributed by atoms with Crippen molar-refractivity contribution in [1.29, 1.82) is 0 Å². The van der Waals surface area contributed by atoms with Gasteiger partial charge in [0.05, 0.1) is 6.54 Å². The van der Waals surface area contributed by atoms with E-state index >= 15 is 0 Å². The summed E-state index contributed by atoms with van der Waals surface area (Å²) >= 11 is 0. The second kappa shape index (κ2) is 9.53. The molecule has 150 valence electrons. The van der Waals surface area contributed by atoms with Gasteiger partial charge >= 0.3 is 0 Å². The fourth-order valence-corrected chi connectivity index (χ4v) is 3.88. The molecule has 1 aromatic carbocycles. The number of H-pyrrole nitrogens is 1. The molecule has 0 atom stereocenters. The Morgan fingerprint density at radius 1 is 1.18 bits per heavy atom. The first-order valence-electron chi connectivity index (χ1n) is 10.1. The Balaban J connectivity index is 1.36. The zero-order valence-electron chi connectivity index (χ0n) is 16.8. The fourth-order valence-electron chi connectivity index (χ4n) is 3.88. The number of carbonyl (C=O) groups is 2. The van der Waals surface area contributed by atoms with Gasteiger partial charge in [0.15, 0.2) is 0 Å². The minimum absolute atomic E-state index is 0.0262. The molecule has 0 bridgehead atoms. The number of hydrogen-bond donors (Lipinski definition) is 3. The lowest BCUT2D eigenvalue weighted by atomic mass is 9.85. The number of carbonyl (C=O) groups excluding carboxylic acids is 2. The number of aromatic nitrogens is 2. The smallest absolute Gasteiger partial charge is 0.223 e. The van der Waals surface area contributed by atoms with Crippen LogP contribution in [0.3, 0.4) is 0 Å². The third-order valence-electron chi connectivity index (χ3n) is 5.57. The molecular weight excluding hydrogens is 352 g/mol. The molecular formula is C22H30N4O2. The van der Waals surface area contributed by atoms with E-state index in [-0.39, 0.29) is 23.8 Å². The SMILES string of the molecule is Cc1ccc(CCC(=O)NC2CCC(C(=O)NCc3ncc[nH]3)CC2)c(C)c1. The number of rotatable bonds is 7. The molecule has 1 aromatic heterocycles. The van der Waals surface area contributed by atoms with Gasteiger partial charge in [-0.2, -0.15) is 0 Å². The minimum Gasteiger partial charge on any atom is -0.353 e. The fraction of sp³-hybridized carbons (Fsp3) is 0.500. The third kappa shape index (κ3) is 5.68. The van der Waals surface area contributed by atoms with Crippen LogP contribution in [0.2, 0.25) is 0 Å². The monoisotopic (exact) mass is 382 g/mol. The van der Waals surface area contributed by atoms with Gasteiger partial charge < -0.3 is 15.6 Å². The van der Waals surface area contributed by atoms with E-state index in [9.17, 15) is 9.59 Å². The van der Waals surface area contributed by atoms with E-state index < -0.39 is 0 Å². The number of aromatic amines is 1. The Morgan fingerprint density at radius 3 is 2.64 bits per heavy atom. The molecule has 1 aliphatic carbocycles. The molecule has 1 saturated carbocycles. The minimum atomic E-state index is 0.0262. The number of hydrogen-bond acceptors (Lipinski definition) is 3. The van der Waals surface area contributed by atoms with Crippen LogP contribution in [0.15, 0.2) is 30.6 Å². The summed E-state index contributed by atoms with van der Waals surface area (Å²) in [4.78, 5) is 31.7. The van der Waals surface area contributed by atoms with Crippen LogP contribution in [0, 0.1) is 19.8 Å². The van der Waals surface area contributed by atoms with E-state index in [2.05, 4.69) is 52.6 Å². The molecule has 1 heterocycles. The maximum absolute atomic E-state index is 12.3. The molecule has 28 heavy (non-hydrogen) atoms. The Labute approximate surface area is 166 Å². The van der Waals surface area contributed by atoms with Crippen LogP contribution in [-0.4, -0.2) is 27.8 Å². The Morgan fingerprint density at radius 2 is 1.96 bits per heavy atom. The standard InChI is InChI=1S/C22H30N4O2/c1-15-3-4-17(16(2)13-15)7-10-21(27)26-19-8-5-18(6-9-19)22(28)25-14-20-23-11-12-24-20/h3-4,11-13,18-19H,5-10,14H2,1-2H3,(H,23,24)(H,25,28)(H,26,27). The van der Waals surface area contributed by atoms with Gasteiger partial charge in [0.1, 0.15) is 5.82 Å². The van der Waals surface area contributed by atoms with Gasteiger partial charge in [0.2, 0.25) is 11.8 Å². The quantitative estimate of drug-likeness (QED) is 0.688. The van der Waals surface area contributed by atoms with Crippen molar-refractivity contribution in [1.82, 2.24) is 20.6 Å². The van der Waals surface area contributed by atoms with Crippen LogP contribution < -0.4 is 10.6 Å². The summed E-state index contributed by atoms with van der Waals surface area (Å²) in [5.74, 6) is 0.971. The molecule has 0 aliphatic heterocycles. The summed E-state index contributed by atoms with van der Waals surface area (Å²) in [6, 6.07) is 6.55. The molecule has 3 N–H and O–H groups in total. The maximum atomic E-state index is 12.3. The number of aryl methyl sites for hydroxylation is 3. The highest BCUT2D eigenvalue weighted by Crippen LogP contribution is 2.24. The van der Waals surface area contributed by atoms with E-state index in [0.717, 1.165) is 37.9 Å². The molecule has 3 rings (SSSR count). The summed E-state index contributed by atoms with van der Waals surface area (Å²) in [5, 5.41) is 6.09. The zero-order chi connectivity index (χ0) is 19.9. The summed E-state index contributed by atoms with van der Waals surface area (Å²) < 4.78 is 0. The van der Waals surface area contributed by atoms with Crippen LogP contribution in [-0.2, 0) is 22.6 Å². The van der Waals surface area contributed by atoms with Gasteiger partial charge in [0.25, 0.3) is 0 Å². The molecule has 0 unspecified atom stereocenters. The number of nitrogens with zero attached hydrogens (tertiary/aromatic N) is 1. The maximum Gasteiger partial charge on any atom is 0.223 e. The molecule has 0 saturated heterocycles. The first kappa shape index (κ1) is 20.1. The van der Waals surface area contributed by atoms with Crippen LogP contribution in [0.25, 0.3) is 0 Å². The van der Waals surface area contributed by atoms with Crippen LogP contribution >= 0.6 is 0 Å². The molecule has 2 amide bonds. The second-order valence-electron chi connectivity index (χ2n) is 7.80. The van der Waals surface area contributed by atoms with Crippen molar-refractivity contribution in [3.63, 3.8) is 0 Å². The largest absolute Gasteiger partial charge is 0.353 e. The first-order valence-corrected chi connectivity index (χ1v) is 10.1. The summed E-state index contributed by atoms with van der Waals surface area (Å²) in [7, 11) is 0. The third-order valence-corrected chi connectivity index (χ3v) is 5.57. The first-order chi connectivity index (χ1) is 13.5. The Bertz CT molecular complexity index is 793. The number of imidazole rings is 1. The van der Waals surface area contributed by atoms with Gasteiger partial charge in [0, 0.05) is 30.8 Å². The van der Waals surface area contributed by atoms with E-state index in [1.807, 2.05) is 0 Å².